The second-order valence-corrected chi connectivity index (χ2v) is 2.41. The van der Waals surface area contributed by atoms with E-state index in [1.54, 1.807) is 4.90 Å². The molecule has 1 N–H and O–H groups in total. The van der Waals surface area contributed by atoms with Crippen molar-refractivity contribution in [2.45, 2.75) is 33.7 Å². The number of nitrogens with zero attached hydrogens (tertiary/aromatic N) is 1. The van der Waals surface area contributed by atoms with Crippen LogP contribution < -0.4 is 0 Å². The number of hydrogen-bond acceptors (Lipinski definition) is 1. The first-order valence-corrected chi connectivity index (χ1v) is 3.36. The Hall–Kier alpha value is 1.00. The van der Waals surface area contributed by atoms with Crippen LogP contribution in [0.3, 0.4) is 0 Å². The summed E-state index contributed by atoms with van der Waals surface area (Å²) in [7, 11) is 0. The number of allylic oxidation sites excluding steroid dienone is 2. The minimum atomic E-state index is 0. The molecule has 0 aliphatic heterocycles. The van der Waals surface area contributed by atoms with E-state index in [1.165, 1.54) is 0 Å². The van der Waals surface area contributed by atoms with E-state index in [0.29, 0.717) is 6.04 Å². The predicted molar refractivity (Wildman–Crippen MR) is 42.8 cm³/mol. The van der Waals surface area contributed by atoms with Gasteiger partial charge in [0.1, 0.15) is 0 Å². The van der Waals surface area contributed by atoms with Gasteiger partial charge in [-0.3, -0.25) is 0 Å². The maximum Gasteiger partial charge on any atom is 0 e. The van der Waals surface area contributed by atoms with Crippen molar-refractivity contribution >= 4 is 6.34 Å². The van der Waals surface area contributed by atoms with Gasteiger partial charge in [0.05, 0.1) is 0 Å². The van der Waals surface area contributed by atoms with Crippen LogP contribution >= 0.6 is 0 Å². The van der Waals surface area contributed by atoms with Gasteiger partial charge in [0, 0.05) is 53.8 Å². The summed E-state index contributed by atoms with van der Waals surface area (Å²) < 4.78 is 0. The van der Waals surface area contributed by atoms with Gasteiger partial charge in [0.2, 0.25) is 0 Å². The van der Waals surface area contributed by atoms with Gasteiger partial charge < -0.3 is 22.1 Å². The van der Waals surface area contributed by atoms with Crippen LogP contribution in [-0.2, 0) is 53.8 Å². The maximum atomic E-state index is 6.94. The molecule has 0 saturated carbocycles. The van der Waals surface area contributed by atoms with Gasteiger partial charge >= 0.3 is 0 Å². The molecule has 67 valence electrons. The Balaban J connectivity index is -0.000000405. The topological polar surface area (TPSA) is 27.1 Å². The molecule has 1 radical (unpaired) electrons. The Morgan fingerprint density at radius 1 is 1.42 bits per heavy atom. The number of hydrogen-bond donors (Lipinski definition) is 1. The van der Waals surface area contributed by atoms with Crippen molar-refractivity contribution in [1.29, 1.82) is 5.41 Å². The molecule has 2 nitrogen and oxygen atoms in total. The van der Waals surface area contributed by atoms with Crippen LogP contribution in [0, 0.1) is 11.5 Å². The summed E-state index contributed by atoms with van der Waals surface area (Å²) in [6.07, 6.45) is 5.29. The first-order valence-electron chi connectivity index (χ1n) is 3.36. The van der Waals surface area contributed by atoms with E-state index in [-0.39, 0.29) is 53.8 Å². The predicted octanol–water partition coefficient (Wildman–Crippen LogP) is 1.90. The molecule has 0 aliphatic rings. The van der Waals surface area contributed by atoms with Crippen LogP contribution in [0.4, 0.5) is 0 Å². The van der Waals surface area contributed by atoms with E-state index in [2.05, 4.69) is 12.4 Å². The van der Waals surface area contributed by atoms with Crippen LogP contribution in [0.15, 0.2) is 5.70 Å². The van der Waals surface area contributed by atoms with E-state index in [0.717, 1.165) is 5.70 Å². The molecule has 0 bridgehead atoms. The van der Waals surface area contributed by atoms with Gasteiger partial charge in [-0.05, 0) is 19.9 Å². The molecule has 0 aromatic rings. The van der Waals surface area contributed by atoms with Gasteiger partial charge in [-0.2, -0.15) is 0 Å². The largest absolute Gasteiger partial charge is 0.585 e. The minimum absolute atomic E-state index is 0. The molecule has 0 spiro atoms. The number of rotatable bonds is 3. The summed E-state index contributed by atoms with van der Waals surface area (Å²) in [5.41, 5.74) is 0.949. The zero-order chi connectivity index (χ0) is 8.15. The number of nitrogens with one attached hydrogen (secondary N) is 1. The molecular formula is C8H14N2WY-2. The van der Waals surface area contributed by atoms with E-state index in [1.807, 2.05) is 27.7 Å². The van der Waals surface area contributed by atoms with Gasteiger partial charge in [0.25, 0.3) is 0 Å². The first kappa shape index (κ1) is 18.7. The molecule has 0 aliphatic carbocycles. The summed E-state index contributed by atoms with van der Waals surface area (Å²) >= 11 is 0. The first-order chi connectivity index (χ1) is 4.63. The molecule has 0 saturated heterocycles. The Labute approximate surface area is 115 Å². The summed E-state index contributed by atoms with van der Waals surface area (Å²) in [5.74, 6) is 0. The molecule has 0 aromatic carbocycles. The third kappa shape index (κ3) is 6.51. The molecule has 0 heterocycles. The zero-order valence-corrected chi connectivity index (χ0v) is 13.8. The molecule has 0 fully saturated rings. The Kier molecular flexibility index (Phi) is 15.7. The molecule has 0 atom stereocenters. The van der Waals surface area contributed by atoms with Crippen LogP contribution in [0.5, 0.6) is 0 Å². The molecule has 0 unspecified atom stereocenters. The smallest absolute Gasteiger partial charge is 0 e. The molecule has 12 heavy (non-hydrogen) atoms. The van der Waals surface area contributed by atoms with Crippen LogP contribution in [0.25, 0.3) is 0 Å². The van der Waals surface area contributed by atoms with E-state index in [9.17, 15) is 0 Å². The van der Waals surface area contributed by atoms with E-state index >= 15 is 0 Å². The summed E-state index contributed by atoms with van der Waals surface area (Å²) in [6.45, 7) is 7.79. The Morgan fingerprint density at radius 3 is 1.92 bits per heavy atom. The minimum Gasteiger partial charge on any atom is -0.585 e. The molecule has 0 amide bonds. The van der Waals surface area contributed by atoms with E-state index in [4.69, 9.17) is 5.41 Å². The molecular weight excluding hydrogens is 397 g/mol. The average Bonchev–Trinajstić information content (AvgIpc) is 1.88. The fourth-order valence-corrected chi connectivity index (χ4v) is 0.721. The Morgan fingerprint density at radius 2 is 1.83 bits per heavy atom. The fraction of sp³-hybridized carbons (Fsp3) is 0.625. The SMILES string of the molecule is C[C-]=C(C)N([C-]=N)C(C)C.[W].[Y]. The van der Waals surface area contributed by atoms with Crippen LogP contribution in [-0.4, -0.2) is 17.3 Å². The summed E-state index contributed by atoms with van der Waals surface area (Å²) in [5, 5.41) is 6.94. The normalized spacial score (nSPS) is 9.92. The van der Waals surface area contributed by atoms with Crippen molar-refractivity contribution in [3.05, 3.63) is 11.8 Å². The third-order valence-corrected chi connectivity index (χ3v) is 1.36. The molecule has 0 aromatic heterocycles. The van der Waals surface area contributed by atoms with Crippen LogP contribution in [0.1, 0.15) is 27.7 Å². The van der Waals surface area contributed by atoms with Crippen LogP contribution in [0.2, 0.25) is 0 Å². The monoisotopic (exact) mass is 411 g/mol. The fourth-order valence-electron chi connectivity index (χ4n) is 0.721. The summed E-state index contributed by atoms with van der Waals surface area (Å²) in [4.78, 5) is 1.74. The van der Waals surface area contributed by atoms with Gasteiger partial charge in [-0.1, -0.05) is 6.34 Å². The second-order valence-electron chi connectivity index (χ2n) is 2.41. The van der Waals surface area contributed by atoms with Crippen molar-refractivity contribution in [2.24, 2.45) is 0 Å². The van der Waals surface area contributed by atoms with Crippen molar-refractivity contribution in [3.63, 3.8) is 0 Å². The Bertz CT molecular complexity index is 146. The van der Waals surface area contributed by atoms with Crippen molar-refractivity contribution in [1.82, 2.24) is 4.90 Å². The molecule has 4 heteroatoms. The van der Waals surface area contributed by atoms with Crippen molar-refractivity contribution < 1.29 is 53.8 Å². The quantitative estimate of drug-likeness (QED) is 0.327. The van der Waals surface area contributed by atoms with E-state index < -0.39 is 0 Å². The van der Waals surface area contributed by atoms with Crippen molar-refractivity contribution in [2.75, 3.05) is 0 Å². The zero-order valence-electron chi connectivity index (χ0n) is 8.01. The van der Waals surface area contributed by atoms with Gasteiger partial charge in [0.15, 0.2) is 0 Å². The standard InChI is InChI=1S/C8H14N2.W.Y/c1-5-8(4)10(6-9)7(2)3;;/h7,9H,1-4H3;;/q-2;;. The molecule has 0 rings (SSSR count). The summed E-state index contributed by atoms with van der Waals surface area (Å²) in [6, 6.07) is 0.296. The van der Waals surface area contributed by atoms with Gasteiger partial charge in [-0.25, -0.2) is 6.92 Å². The maximum absolute atomic E-state index is 6.94. The second kappa shape index (κ2) is 10.1. The van der Waals surface area contributed by atoms with Crippen molar-refractivity contribution in [3.8, 4) is 0 Å². The average molecular weight is 411 g/mol. The van der Waals surface area contributed by atoms with Gasteiger partial charge in [-0.15, -0.1) is 6.92 Å². The third-order valence-electron chi connectivity index (χ3n) is 1.36.